The molecule has 0 spiro atoms. The maximum atomic E-state index is 10.6. The molecule has 1 heterocycles. The van der Waals surface area contributed by atoms with Crippen LogP contribution in [0.15, 0.2) is 0 Å². The predicted octanol–water partition coefficient (Wildman–Crippen LogP) is -0.507. The molecule has 1 rings (SSSR count). The fraction of sp³-hybridized carbons (Fsp3) is 0.833. The summed E-state index contributed by atoms with van der Waals surface area (Å²) >= 11 is 0. The molecule has 0 aromatic heterocycles. The second-order valence-electron chi connectivity index (χ2n) is 2.16. The van der Waals surface area contributed by atoms with Crippen LogP contribution >= 0.6 is 0 Å². The molecular weight excluding hydrogens is 129 g/mol. The molecule has 1 saturated heterocycles. The molecule has 1 aliphatic rings. The molecule has 1 aliphatic heterocycles. The van der Waals surface area contributed by atoms with Gasteiger partial charge in [0, 0.05) is 13.0 Å². The predicted molar refractivity (Wildman–Crippen MR) is 41.4 cm³/mol. The van der Waals surface area contributed by atoms with Crippen molar-refractivity contribution in [1.82, 2.24) is 5.32 Å². The van der Waals surface area contributed by atoms with Crippen LogP contribution in [0.4, 0.5) is 0 Å². The van der Waals surface area contributed by atoms with Crippen molar-refractivity contribution >= 4 is 23.3 Å². The Bertz CT molecular complexity index is 85.1. The normalized spacial score (nSPS) is 19.3. The first-order valence-electron chi connectivity index (χ1n) is 3.16. The third-order valence-corrected chi connectivity index (χ3v) is 1.40. The van der Waals surface area contributed by atoms with Gasteiger partial charge in [0.05, 0.1) is 0 Å². The highest BCUT2D eigenvalue weighted by molar-refractivity contribution is 5.76. The standard InChI is InChI=1S/C6H11NO.Al.3H/c8-6-4-2-1-3-5-7-6;;;;/h1-5H2,(H,7,8);;;;. The number of nitrogens with one attached hydrogen (secondary N) is 1. The summed E-state index contributed by atoms with van der Waals surface area (Å²) in [6, 6.07) is 0. The van der Waals surface area contributed by atoms with E-state index >= 15 is 0 Å². The van der Waals surface area contributed by atoms with E-state index in [9.17, 15) is 4.79 Å². The van der Waals surface area contributed by atoms with E-state index in [0.717, 1.165) is 25.8 Å². The van der Waals surface area contributed by atoms with Gasteiger partial charge < -0.3 is 5.32 Å². The summed E-state index contributed by atoms with van der Waals surface area (Å²) in [5, 5.41) is 2.81. The minimum atomic E-state index is 0. The average Bonchev–Trinajstić information content (AvgIpc) is 1.94. The number of carbonyl (C=O) groups excluding carboxylic acids is 1. The van der Waals surface area contributed by atoms with E-state index in [0.29, 0.717) is 0 Å². The van der Waals surface area contributed by atoms with Crippen LogP contribution in [0.1, 0.15) is 25.7 Å². The van der Waals surface area contributed by atoms with Gasteiger partial charge in [-0.2, -0.15) is 0 Å². The topological polar surface area (TPSA) is 29.1 Å². The lowest BCUT2D eigenvalue weighted by Gasteiger charge is -1.93. The van der Waals surface area contributed by atoms with Crippen molar-refractivity contribution in [1.29, 1.82) is 0 Å². The van der Waals surface area contributed by atoms with Crippen LogP contribution < -0.4 is 5.32 Å². The van der Waals surface area contributed by atoms with Crippen molar-refractivity contribution in [2.75, 3.05) is 6.54 Å². The number of carbonyl (C=O) groups is 1. The SMILES string of the molecule is O=C1CCCCCN1.[AlH3]. The van der Waals surface area contributed by atoms with E-state index in [-0.39, 0.29) is 23.3 Å². The van der Waals surface area contributed by atoms with Crippen LogP contribution in [-0.2, 0) is 4.79 Å². The summed E-state index contributed by atoms with van der Waals surface area (Å²) in [6.45, 7) is 0.888. The highest BCUT2D eigenvalue weighted by atomic mass is 27.0. The van der Waals surface area contributed by atoms with Crippen molar-refractivity contribution in [3.05, 3.63) is 0 Å². The maximum Gasteiger partial charge on any atom is 0.219 e. The number of hydrogen-bond donors (Lipinski definition) is 1. The van der Waals surface area contributed by atoms with Crippen LogP contribution in [0.5, 0.6) is 0 Å². The highest BCUT2D eigenvalue weighted by Crippen LogP contribution is 2.02. The highest BCUT2D eigenvalue weighted by Gasteiger charge is 2.03. The zero-order valence-electron chi connectivity index (χ0n) is 4.94. The lowest BCUT2D eigenvalue weighted by molar-refractivity contribution is -0.120. The van der Waals surface area contributed by atoms with Crippen LogP contribution in [0.25, 0.3) is 0 Å². The van der Waals surface area contributed by atoms with Gasteiger partial charge in [0.1, 0.15) is 0 Å². The molecule has 0 radical (unpaired) electrons. The van der Waals surface area contributed by atoms with Gasteiger partial charge in [-0.3, -0.25) is 4.79 Å². The summed E-state index contributed by atoms with van der Waals surface area (Å²) in [5.41, 5.74) is 0. The molecule has 0 aromatic rings. The van der Waals surface area contributed by atoms with Crippen LogP contribution in [0.3, 0.4) is 0 Å². The van der Waals surface area contributed by atoms with Crippen molar-refractivity contribution in [3.8, 4) is 0 Å². The molecule has 0 atom stereocenters. The van der Waals surface area contributed by atoms with Crippen LogP contribution in [-0.4, -0.2) is 29.8 Å². The minimum absolute atomic E-state index is 0. The summed E-state index contributed by atoms with van der Waals surface area (Å²) in [6.07, 6.45) is 4.18. The van der Waals surface area contributed by atoms with E-state index in [1.165, 1.54) is 6.42 Å². The smallest absolute Gasteiger partial charge is 0.219 e. The lowest BCUT2D eigenvalue weighted by Crippen LogP contribution is -2.21. The summed E-state index contributed by atoms with van der Waals surface area (Å²) in [7, 11) is 0. The second-order valence-corrected chi connectivity index (χ2v) is 2.16. The van der Waals surface area contributed by atoms with E-state index in [1.807, 2.05) is 0 Å². The number of rotatable bonds is 0. The fourth-order valence-corrected chi connectivity index (χ4v) is 0.904. The molecular formula is C6H14AlNO. The Morgan fingerprint density at radius 1 is 1.22 bits per heavy atom. The van der Waals surface area contributed by atoms with Crippen molar-refractivity contribution < 1.29 is 4.79 Å². The first kappa shape index (κ1) is 9.00. The lowest BCUT2D eigenvalue weighted by atomic mass is 10.2. The van der Waals surface area contributed by atoms with E-state index in [1.54, 1.807) is 0 Å². The zero-order valence-corrected chi connectivity index (χ0v) is 4.94. The van der Waals surface area contributed by atoms with Gasteiger partial charge in [-0.25, -0.2) is 0 Å². The Morgan fingerprint density at radius 3 is 2.78 bits per heavy atom. The van der Waals surface area contributed by atoms with E-state index in [4.69, 9.17) is 0 Å². The molecule has 0 aromatic carbocycles. The van der Waals surface area contributed by atoms with Crippen LogP contribution in [0, 0.1) is 0 Å². The second kappa shape index (κ2) is 4.84. The third-order valence-electron chi connectivity index (χ3n) is 1.40. The molecule has 2 nitrogen and oxygen atoms in total. The Kier molecular flexibility index (Phi) is 4.84. The molecule has 0 unspecified atom stereocenters. The van der Waals surface area contributed by atoms with Crippen molar-refractivity contribution in [2.45, 2.75) is 25.7 Å². The fourth-order valence-electron chi connectivity index (χ4n) is 0.904. The van der Waals surface area contributed by atoms with Gasteiger partial charge in [-0.05, 0) is 12.8 Å². The number of hydrogen-bond acceptors (Lipinski definition) is 1. The van der Waals surface area contributed by atoms with E-state index < -0.39 is 0 Å². The van der Waals surface area contributed by atoms with E-state index in [2.05, 4.69) is 5.32 Å². The molecule has 0 saturated carbocycles. The molecule has 1 N–H and O–H groups in total. The molecule has 0 bridgehead atoms. The first-order chi connectivity index (χ1) is 3.89. The number of amides is 1. The molecule has 1 fully saturated rings. The summed E-state index contributed by atoms with van der Waals surface area (Å²) < 4.78 is 0. The Hall–Kier alpha value is 0.00247. The Morgan fingerprint density at radius 2 is 2.00 bits per heavy atom. The van der Waals surface area contributed by atoms with Crippen molar-refractivity contribution in [2.24, 2.45) is 0 Å². The first-order valence-corrected chi connectivity index (χ1v) is 3.16. The van der Waals surface area contributed by atoms with Crippen molar-refractivity contribution in [3.63, 3.8) is 0 Å². The van der Waals surface area contributed by atoms with Crippen LogP contribution in [0.2, 0.25) is 0 Å². The quantitative estimate of drug-likeness (QED) is 0.455. The zero-order chi connectivity index (χ0) is 5.82. The summed E-state index contributed by atoms with van der Waals surface area (Å²) in [5.74, 6) is 0.225. The molecule has 3 heteroatoms. The molecule has 52 valence electrons. The van der Waals surface area contributed by atoms with Gasteiger partial charge in [0.15, 0.2) is 17.4 Å². The molecule has 9 heavy (non-hydrogen) atoms. The third kappa shape index (κ3) is 3.56. The molecule has 0 aliphatic carbocycles. The van der Waals surface area contributed by atoms with Gasteiger partial charge >= 0.3 is 0 Å². The van der Waals surface area contributed by atoms with Gasteiger partial charge in [0.2, 0.25) is 5.91 Å². The Balaban J connectivity index is 0.000000640. The minimum Gasteiger partial charge on any atom is -0.356 e. The van der Waals surface area contributed by atoms with Gasteiger partial charge in [-0.1, -0.05) is 6.42 Å². The molecule has 1 amide bonds. The van der Waals surface area contributed by atoms with Gasteiger partial charge in [-0.15, -0.1) is 0 Å². The average molecular weight is 143 g/mol. The monoisotopic (exact) mass is 143 g/mol. The Labute approximate surface area is 66.1 Å². The van der Waals surface area contributed by atoms with Gasteiger partial charge in [0.25, 0.3) is 0 Å². The summed E-state index contributed by atoms with van der Waals surface area (Å²) in [4.78, 5) is 10.6. The maximum absolute atomic E-state index is 10.6. The largest absolute Gasteiger partial charge is 0.356 e.